The summed E-state index contributed by atoms with van der Waals surface area (Å²) in [5.41, 5.74) is 0. The monoisotopic (exact) mass is 182 g/mol. The summed E-state index contributed by atoms with van der Waals surface area (Å²) in [4.78, 5) is 19.2. The lowest BCUT2D eigenvalue weighted by Gasteiger charge is -2.08. The van der Waals surface area contributed by atoms with Gasteiger partial charge in [0.25, 0.3) is 0 Å². The first-order chi connectivity index (χ1) is 5.02. The van der Waals surface area contributed by atoms with Crippen molar-refractivity contribution in [1.29, 1.82) is 0 Å². The van der Waals surface area contributed by atoms with Gasteiger partial charge < -0.3 is 14.2 Å². The molecular weight excluding hydrogens is 171 g/mol. The summed E-state index contributed by atoms with van der Waals surface area (Å²) in [6.45, 7) is 3.15. The van der Waals surface area contributed by atoms with Crippen molar-refractivity contribution in [3.8, 4) is 0 Å². The van der Waals surface area contributed by atoms with E-state index in [0.717, 1.165) is 0 Å². The molecular formula is C5H11O5P. The van der Waals surface area contributed by atoms with Crippen LogP contribution in [0.1, 0.15) is 13.8 Å². The van der Waals surface area contributed by atoms with Crippen LogP contribution in [0.3, 0.4) is 0 Å². The molecule has 0 aliphatic carbocycles. The average Bonchev–Trinajstić information content (AvgIpc) is 1.87. The fourth-order valence-electron chi connectivity index (χ4n) is 0.325. The molecule has 11 heavy (non-hydrogen) atoms. The molecule has 1 N–H and O–H groups in total. The lowest BCUT2D eigenvalue weighted by Crippen LogP contribution is -2.05. The molecule has 6 heteroatoms. The Bertz CT molecular complexity index is 178. The molecule has 0 saturated heterocycles. The quantitative estimate of drug-likeness (QED) is 0.527. The van der Waals surface area contributed by atoms with E-state index < -0.39 is 13.8 Å². The van der Waals surface area contributed by atoms with Crippen LogP contribution in [0, 0.1) is 0 Å². The summed E-state index contributed by atoms with van der Waals surface area (Å²) in [5, 5.41) is 0. The van der Waals surface area contributed by atoms with Crippen molar-refractivity contribution in [2.75, 3.05) is 12.8 Å². The minimum atomic E-state index is -3.73. The van der Waals surface area contributed by atoms with Gasteiger partial charge in [-0.3, -0.25) is 0 Å². The second kappa shape index (κ2) is 4.36. The van der Waals surface area contributed by atoms with Gasteiger partial charge in [-0.25, -0.2) is 9.36 Å². The standard InChI is InChI=1S/C5H11O5P/c1-3-9-5(6)10-11(7,8)4-2/h3-4H2,1-2H3,(H,7,8). The summed E-state index contributed by atoms with van der Waals surface area (Å²) in [6.07, 6.45) is -1.20. The maximum atomic E-state index is 10.7. The Balaban J connectivity index is 3.84. The Hall–Kier alpha value is -0.540. The Kier molecular flexibility index (Phi) is 4.15. The van der Waals surface area contributed by atoms with Gasteiger partial charge >= 0.3 is 13.8 Å². The van der Waals surface area contributed by atoms with Crippen molar-refractivity contribution in [2.45, 2.75) is 13.8 Å². The topological polar surface area (TPSA) is 72.8 Å². The van der Waals surface area contributed by atoms with E-state index in [1.165, 1.54) is 6.92 Å². The summed E-state index contributed by atoms with van der Waals surface area (Å²) < 4.78 is 19.1. The molecule has 0 aromatic heterocycles. The predicted molar refractivity (Wildman–Crippen MR) is 38.5 cm³/mol. The van der Waals surface area contributed by atoms with Crippen molar-refractivity contribution >= 4 is 13.8 Å². The number of carbonyl (C=O) groups is 1. The highest BCUT2D eigenvalue weighted by Crippen LogP contribution is 2.41. The third-order valence-corrected chi connectivity index (χ3v) is 2.11. The molecule has 66 valence electrons. The Labute approximate surface area is 64.8 Å². The van der Waals surface area contributed by atoms with Crippen LogP contribution in [0.5, 0.6) is 0 Å². The van der Waals surface area contributed by atoms with E-state index in [4.69, 9.17) is 4.89 Å². The maximum absolute atomic E-state index is 10.7. The number of hydrogen-bond acceptors (Lipinski definition) is 4. The van der Waals surface area contributed by atoms with Crippen molar-refractivity contribution in [3.63, 3.8) is 0 Å². The van der Waals surface area contributed by atoms with Crippen LogP contribution in [0.2, 0.25) is 0 Å². The van der Waals surface area contributed by atoms with E-state index in [0.29, 0.717) is 0 Å². The minimum Gasteiger partial charge on any atom is -0.434 e. The first-order valence-electron chi connectivity index (χ1n) is 3.20. The van der Waals surface area contributed by atoms with Gasteiger partial charge in [-0.15, -0.1) is 0 Å². The van der Waals surface area contributed by atoms with Crippen LogP contribution in [0.4, 0.5) is 4.79 Å². The second-order valence-corrected chi connectivity index (χ2v) is 3.82. The van der Waals surface area contributed by atoms with Crippen LogP contribution in [-0.4, -0.2) is 23.8 Å². The molecule has 5 nitrogen and oxygen atoms in total. The highest BCUT2D eigenvalue weighted by molar-refractivity contribution is 7.53. The summed E-state index contributed by atoms with van der Waals surface area (Å²) in [6, 6.07) is 0. The van der Waals surface area contributed by atoms with E-state index in [1.807, 2.05) is 0 Å². The molecule has 0 aromatic carbocycles. The van der Waals surface area contributed by atoms with Crippen LogP contribution < -0.4 is 0 Å². The lowest BCUT2D eigenvalue weighted by atomic mass is 10.9. The molecule has 0 aliphatic heterocycles. The Morgan fingerprint density at radius 2 is 2.09 bits per heavy atom. The Morgan fingerprint density at radius 1 is 1.55 bits per heavy atom. The van der Waals surface area contributed by atoms with E-state index in [1.54, 1.807) is 6.92 Å². The van der Waals surface area contributed by atoms with Gasteiger partial charge in [-0.2, -0.15) is 0 Å². The van der Waals surface area contributed by atoms with Gasteiger partial charge in [0.2, 0.25) is 0 Å². The van der Waals surface area contributed by atoms with Crippen molar-refractivity contribution in [3.05, 3.63) is 0 Å². The fourth-order valence-corrected chi connectivity index (χ4v) is 0.740. The zero-order valence-electron chi connectivity index (χ0n) is 6.44. The molecule has 1 unspecified atom stereocenters. The van der Waals surface area contributed by atoms with Gasteiger partial charge in [-0.05, 0) is 6.92 Å². The van der Waals surface area contributed by atoms with E-state index in [9.17, 15) is 9.36 Å². The largest absolute Gasteiger partial charge is 0.514 e. The summed E-state index contributed by atoms with van der Waals surface area (Å²) in [5.74, 6) is 0. The molecule has 0 fully saturated rings. The third-order valence-electron chi connectivity index (χ3n) is 0.879. The van der Waals surface area contributed by atoms with E-state index >= 15 is 0 Å². The number of carbonyl (C=O) groups excluding carboxylic acids is 1. The SMILES string of the molecule is CCOC(=O)OP(=O)(O)CC. The molecule has 0 amide bonds. The van der Waals surface area contributed by atoms with Gasteiger partial charge in [0, 0.05) is 0 Å². The van der Waals surface area contributed by atoms with Gasteiger partial charge in [0.05, 0.1) is 12.8 Å². The number of ether oxygens (including phenoxy) is 1. The molecule has 0 aliphatic rings. The van der Waals surface area contributed by atoms with Gasteiger partial charge in [0.15, 0.2) is 0 Å². The van der Waals surface area contributed by atoms with Gasteiger partial charge in [0.1, 0.15) is 0 Å². The molecule has 0 heterocycles. The minimum absolute atomic E-state index is 0.105. The highest BCUT2D eigenvalue weighted by atomic mass is 31.2. The van der Waals surface area contributed by atoms with E-state index in [-0.39, 0.29) is 12.8 Å². The van der Waals surface area contributed by atoms with Crippen LogP contribution >= 0.6 is 7.60 Å². The first-order valence-corrected chi connectivity index (χ1v) is 4.96. The molecule has 0 rings (SSSR count). The molecule has 0 bridgehead atoms. The fraction of sp³-hybridized carbons (Fsp3) is 0.800. The van der Waals surface area contributed by atoms with Crippen LogP contribution in [0.15, 0.2) is 0 Å². The highest BCUT2D eigenvalue weighted by Gasteiger charge is 2.21. The van der Waals surface area contributed by atoms with E-state index in [2.05, 4.69) is 9.26 Å². The molecule has 0 aromatic rings. The maximum Gasteiger partial charge on any atom is 0.514 e. The second-order valence-electron chi connectivity index (χ2n) is 1.73. The normalized spacial score (nSPS) is 15.2. The molecule has 0 spiro atoms. The lowest BCUT2D eigenvalue weighted by molar-refractivity contribution is 0.0999. The number of rotatable bonds is 3. The zero-order valence-corrected chi connectivity index (χ0v) is 7.34. The van der Waals surface area contributed by atoms with Gasteiger partial charge in [-0.1, -0.05) is 6.92 Å². The smallest absolute Gasteiger partial charge is 0.434 e. The zero-order chi connectivity index (χ0) is 8.91. The van der Waals surface area contributed by atoms with Crippen molar-refractivity contribution in [2.24, 2.45) is 0 Å². The summed E-state index contributed by atoms with van der Waals surface area (Å²) >= 11 is 0. The predicted octanol–water partition coefficient (Wildman–Crippen LogP) is 1.36. The van der Waals surface area contributed by atoms with Crippen LogP contribution in [-0.2, 0) is 13.8 Å². The Morgan fingerprint density at radius 3 is 2.45 bits per heavy atom. The average molecular weight is 182 g/mol. The van der Waals surface area contributed by atoms with Crippen molar-refractivity contribution < 1.29 is 23.5 Å². The number of hydrogen-bond donors (Lipinski definition) is 1. The molecule has 0 saturated carbocycles. The third kappa shape index (κ3) is 4.81. The summed E-state index contributed by atoms with van der Waals surface area (Å²) in [7, 11) is -3.73. The van der Waals surface area contributed by atoms with Crippen LogP contribution in [0.25, 0.3) is 0 Å². The van der Waals surface area contributed by atoms with Crippen molar-refractivity contribution in [1.82, 2.24) is 0 Å². The first kappa shape index (κ1) is 10.5. The molecule has 1 atom stereocenters. The molecule has 0 radical (unpaired) electrons.